The second-order valence-corrected chi connectivity index (χ2v) is 8.65. The SMILES string of the molecule is Cc1ccc(S(=O)(=O)C(c2ccc(C#N)cc2)c2c[nH]c3ncccc23)cc1. The van der Waals surface area contributed by atoms with Gasteiger partial charge in [-0.25, -0.2) is 13.4 Å². The number of pyridine rings is 1. The molecule has 2 aromatic carbocycles. The number of sulfone groups is 1. The Balaban J connectivity index is 1.95. The molecule has 1 N–H and O–H groups in total. The number of nitriles is 1. The van der Waals surface area contributed by atoms with Gasteiger partial charge < -0.3 is 4.98 Å². The van der Waals surface area contributed by atoms with Gasteiger partial charge in [-0.1, -0.05) is 29.8 Å². The van der Waals surface area contributed by atoms with Crippen LogP contribution in [0.3, 0.4) is 0 Å². The van der Waals surface area contributed by atoms with Crippen LogP contribution in [0.2, 0.25) is 0 Å². The van der Waals surface area contributed by atoms with Crippen molar-refractivity contribution in [2.45, 2.75) is 17.1 Å². The molecule has 0 spiro atoms. The normalized spacial score (nSPS) is 12.6. The average molecular weight is 387 g/mol. The smallest absolute Gasteiger partial charge is 0.189 e. The van der Waals surface area contributed by atoms with Crippen molar-refractivity contribution in [1.82, 2.24) is 9.97 Å². The van der Waals surface area contributed by atoms with Crippen molar-refractivity contribution < 1.29 is 8.42 Å². The quantitative estimate of drug-likeness (QED) is 0.565. The van der Waals surface area contributed by atoms with Gasteiger partial charge in [0.15, 0.2) is 9.84 Å². The molecule has 0 saturated heterocycles. The number of hydrogen-bond acceptors (Lipinski definition) is 4. The molecule has 2 aromatic heterocycles. The molecule has 0 aliphatic carbocycles. The summed E-state index contributed by atoms with van der Waals surface area (Å²) in [5.74, 6) is 0. The highest BCUT2D eigenvalue weighted by molar-refractivity contribution is 7.92. The maximum atomic E-state index is 13.6. The third kappa shape index (κ3) is 3.06. The first-order chi connectivity index (χ1) is 13.5. The molecule has 0 aliphatic heterocycles. The molecule has 1 unspecified atom stereocenters. The van der Waals surface area contributed by atoms with Gasteiger partial charge in [0.2, 0.25) is 0 Å². The topological polar surface area (TPSA) is 86.6 Å². The third-order valence-corrected chi connectivity index (χ3v) is 6.84. The van der Waals surface area contributed by atoms with E-state index in [2.05, 4.69) is 16.0 Å². The summed E-state index contributed by atoms with van der Waals surface area (Å²) < 4.78 is 27.3. The zero-order valence-electron chi connectivity index (χ0n) is 15.1. The van der Waals surface area contributed by atoms with Crippen molar-refractivity contribution in [3.63, 3.8) is 0 Å². The molecule has 0 aliphatic rings. The van der Waals surface area contributed by atoms with E-state index in [0.717, 1.165) is 10.9 Å². The van der Waals surface area contributed by atoms with Crippen molar-refractivity contribution in [2.75, 3.05) is 0 Å². The first kappa shape index (κ1) is 18.0. The lowest BCUT2D eigenvalue weighted by molar-refractivity contribution is 0.589. The van der Waals surface area contributed by atoms with Crippen LogP contribution in [0.1, 0.15) is 27.5 Å². The average Bonchev–Trinajstić information content (AvgIpc) is 3.13. The molecule has 138 valence electrons. The molecular weight excluding hydrogens is 370 g/mol. The van der Waals surface area contributed by atoms with Gasteiger partial charge in [-0.3, -0.25) is 0 Å². The molecule has 5 nitrogen and oxygen atoms in total. The van der Waals surface area contributed by atoms with E-state index in [1.54, 1.807) is 67.0 Å². The van der Waals surface area contributed by atoms with Crippen LogP contribution in [0, 0.1) is 18.3 Å². The van der Waals surface area contributed by atoms with E-state index < -0.39 is 15.1 Å². The summed E-state index contributed by atoms with van der Waals surface area (Å²) in [4.78, 5) is 7.60. The highest BCUT2D eigenvalue weighted by Gasteiger charge is 2.32. The number of H-pyrrole nitrogens is 1. The predicted molar refractivity (Wildman–Crippen MR) is 107 cm³/mol. The highest BCUT2D eigenvalue weighted by Crippen LogP contribution is 2.38. The van der Waals surface area contributed by atoms with Crippen molar-refractivity contribution in [3.05, 3.63) is 95.3 Å². The molecule has 6 heteroatoms. The summed E-state index contributed by atoms with van der Waals surface area (Å²) in [5, 5.41) is 8.92. The molecule has 0 saturated carbocycles. The predicted octanol–water partition coefficient (Wildman–Crippen LogP) is 4.31. The standard InChI is InChI=1S/C22H17N3O2S/c1-15-4-10-18(11-5-15)28(26,27)21(17-8-6-16(13-23)7-9-17)20-14-25-22-19(20)3-2-12-24-22/h2-12,14,21H,1H3,(H,24,25). The van der Waals surface area contributed by atoms with Gasteiger partial charge in [-0.15, -0.1) is 0 Å². The van der Waals surface area contributed by atoms with Crippen LogP contribution in [-0.4, -0.2) is 18.4 Å². The molecular formula is C22H17N3O2S. The Labute approximate surface area is 163 Å². The summed E-state index contributed by atoms with van der Waals surface area (Å²) >= 11 is 0. The van der Waals surface area contributed by atoms with Gasteiger partial charge in [0.05, 0.1) is 16.5 Å². The number of nitrogens with one attached hydrogen (secondary N) is 1. The van der Waals surface area contributed by atoms with Crippen LogP contribution >= 0.6 is 0 Å². The highest BCUT2D eigenvalue weighted by atomic mass is 32.2. The van der Waals surface area contributed by atoms with Gasteiger partial charge in [-0.2, -0.15) is 5.26 Å². The van der Waals surface area contributed by atoms with Crippen LogP contribution in [0.15, 0.2) is 78.0 Å². The maximum absolute atomic E-state index is 13.6. The Morgan fingerprint density at radius 1 is 1.04 bits per heavy atom. The van der Waals surface area contributed by atoms with Crippen LogP contribution in [0.5, 0.6) is 0 Å². The van der Waals surface area contributed by atoms with E-state index in [9.17, 15) is 8.42 Å². The van der Waals surface area contributed by atoms with Crippen molar-refractivity contribution >= 4 is 20.9 Å². The van der Waals surface area contributed by atoms with Crippen molar-refractivity contribution in [3.8, 4) is 6.07 Å². The number of nitrogens with zero attached hydrogens (tertiary/aromatic N) is 2. The minimum absolute atomic E-state index is 0.255. The second kappa shape index (κ2) is 6.95. The van der Waals surface area contributed by atoms with Crippen LogP contribution < -0.4 is 0 Å². The Morgan fingerprint density at radius 3 is 2.43 bits per heavy atom. The van der Waals surface area contributed by atoms with Gasteiger partial charge in [0.1, 0.15) is 10.9 Å². The maximum Gasteiger partial charge on any atom is 0.189 e. The van der Waals surface area contributed by atoms with E-state index in [1.807, 2.05) is 13.0 Å². The largest absolute Gasteiger partial charge is 0.346 e. The zero-order chi connectivity index (χ0) is 19.7. The Bertz CT molecular complexity index is 1280. The zero-order valence-corrected chi connectivity index (χ0v) is 15.9. The number of aromatic amines is 1. The van der Waals surface area contributed by atoms with E-state index in [4.69, 9.17) is 5.26 Å². The number of aromatic nitrogens is 2. The molecule has 2 heterocycles. The van der Waals surface area contributed by atoms with E-state index in [0.29, 0.717) is 22.3 Å². The molecule has 28 heavy (non-hydrogen) atoms. The molecule has 1 atom stereocenters. The van der Waals surface area contributed by atoms with Crippen molar-refractivity contribution in [1.29, 1.82) is 5.26 Å². The minimum Gasteiger partial charge on any atom is -0.346 e. The number of aryl methyl sites for hydroxylation is 1. The molecule has 0 radical (unpaired) electrons. The van der Waals surface area contributed by atoms with Gasteiger partial charge in [0, 0.05) is 23.3 Å². The fourth-order valence-corrected chi connectivity index (χ4v) is 5.15. The summed E-state index contributed by atoms with van der Waals surface area (Å²) in [6, 6.07) is 19.2. The lowest BCUT2D eigenvalue weighted by Crippen LogP contribution is -2.15. The molecule has 0 amide bonds. The molecule has 4 aromatic rings. The molecule has 4 rings (SSSR count). The third-order valence-electron chi connectivity index (χ3n) is 4.77. The van der Waals surface area contributed by atoms with Crippen LogP contribution in [0.4, 0.5) is 0 Å². The first-order valence-electron chi connectivity index (χ1n) is 8.73. The summed E-state index contributed by atoms with van der Waals surface area (Å²) in [7, 11) is -3.74. The fourth-order valence-electron chi connectivity index (χ4n) is 3.32. The minimum atomic E-state index is -3.74. The number of benzene rings is 2. The van der Waals surface area contributed by atoms with E-state index in [1.165, 1.54) is 0 Å². The Hall–Kier alpha value is -3.43. The molecule has 0 fully saturated rings. The number of rotatable bonds is 4. The van der Waals surface area contributed by atoms with Gasteiger partial charge in [0.25, 0.3) is 0 Å². The van der Waals surface area contributed by atoms with Gasteiger partial charge >= 0.3 is 0 Å². The fraction of sp³-hybridized carbons (Fsp3) is 0.0909. The van der Waals surface area contributed by atoms with E-state index >= 15 is 0 Å². The first-order valence-corrected chi connectivity index (χ1v) is 10.3. The van der Waals surface area contributed by atoms with Crippen molar-refractivity contribution in [2.24, 2.45) is 0 Å². The monoisotopic (exact) mass is 387 g/mol. The summed E-state index contributed by atoms with van der Waals surface area (Å²) in [6.45, 7) is 1.92. The van der Waals surface area contributed by atoms with Crippen LogP contribution in [-0.2, 0) is 9.84 Å². The second-order valence-electron chi connectivity index (χ2n) is 6.62. The Kier molecular flexibility index (Phi) is 4.46. The van der Waals surface area contributed by atoms with Crippen LogP contribution in [0.25, 0.3) is 11.0 Å². The van der Waals surface area contributed by atoms with E-state index in [-0.39, 0.29) is 4.90 Å². The lowest BCUT2D eigenvalue weighted by Gasteiger charge is -2.18. The number of hydrogen-bond donors (Lipinski definition) is 1. The number of fused-ring (bicyclic) bond motifs is 1. The Morgan fingerprint density at radius 2 is 1.75 bits per heavy atom. The summed E-state index contributed by atoms with van der Waals surface area (Å²) in [6.07, 6.45) is 3.36. The van der Waals surface area contributed by atoms with Gasteiger partial charge in [-0.05, 0) is 48.9 Å². The lowest BCUT2D eigenvalue weighted by atomic mass is 10.0. The molecule has 0 bridgehead atoms. The summed E-state index contributed by atoms with van der Waals surface area (Å²) in [5.41, 5.74) is 3.34.